The van der Waals surface area contributed by atoms with Gasteiger partial charge in [0.15, 0.2) is 0 Å². The van der Waals surface area contributed by atoms with E-state index in [1.54, 1.807) is 36.4 Å². The molecule has 140 valence electrons. The monoisotopic (exact) mass is 382 g/mol. The first-order valence-corrected chi connectivity index (χ1v) is 9.72. The van der Waals surface area contributed by atoms with Crippen LogP contribution in [0.5, 0.6) is 0 Å². The van der Waals surface area contributed by atoms with E-state index in [0.717, 1.165) is 12.1 Å². The lowest BCUT2D eigenvalue weighted by atomic mass is 10.2. The SMILES string of the molecule is O=C(OCCCCCC(F)(F)S(=O)(=O)c1ccccc1)c1ccccc1. The number of carbonyl (C=O) groups excluding carboxylic acids is 1. The molecule has 0 heterocycles. The normalized spacial score (nSPS) is 11.9. The lowest BCUT2D eigenvalue weighted by Crippen LogP contribution is -2.28. The van der Waals surface area contributed by atoms with Crippen molar-refractivity contribution < 1.29 is 26.7 Å². The number of ether oxygens (including phenoxy) is 1. The van der Waals surface area contributed by atoms with Crippen LogP contribution in [-0.2, 0) is 14.6 Å². The Morgan fingerprint density at radius 3 is 2.08 bits per heavy atom. The number of hydrogen-bond donors (Lipinski definition) is 0. The zero-order valence-electron chi connectivity index (χ0n) is 14.1. The summed E-state index contributed by atoms with van der Waals surface area (Å²) in [6.45, 7) is 0.102. The van der Waals surface area contributed by atoms with Crippen molar-refractivity contribution in [2.24, 2.45) is 0 Å². The Hall–Kier alpha value is -2.28. The number of rotatable bonds is 9. The Morgan fingerprint density at radius 2 is 1.46 bits per heavy atom. The summed E-state index contributed by atoms with van der Waals surface area (Å²) in [5.41, 5.74) is 0.424. The topological polar surface area (TPSA) is 60.4 Å². The standard InChI is InChI=1S/C19H20F2O4S/c20-19(21,26(23,24)17-12-6-2-7-13-17)14-8-3-9-15-25-18(22)16-10-4-1-5-11-16/h1-2,4-7,10-13H,3,8-9,14-15H2. The smallest absolute Gasteiger partial charge is 0.350 e. The van der Waals surface area contributed by atoms with E-state index in [9.17, 15) is 22.0 Å². The molecule has 0 aliphatic carbocycles. The van der Waals surface area contributed by atoms with Crippen LogP contribution in [0.4, 0.5) is 8.78 Å². The van der Waals surface area contributed by atoms with E-state index < -0.39 is 27.5 Å². The molecule has 0 amide bonds. The van der Waals surface area contributed by atoms with Crippen molar-refractivity contribution in [3.8, 4) is 0 Å². The number of halogens is 2. The number of hydrogen-bond acceptors (Lipinski definition) is 4. The van der Waals surface area contributed by atoms with E-state index in [0.29, 0.717) is 18.4 Å². The Kier molecular flexibility index (Phi) is 6.85. The number of esters is 1. The molecule has 2 aromatic carbocycles. The van der Waals surface area contributed by atoms with Crippen molar-refractivity contribution >= 4 is 15.8 Å². The molecule has 0 aromatic heterocycles. The zero-order valence-corrected chi connectivity index (χ0v) is 14.9. The van der Waals surface area contributed by atoms with Gasteiger partial charge in [-0.15, -0.1) is 0 Å². The van der Waals surface area contributed by atoms with Crippen LogP contribution in [0, 0.1) is 0 Å². The number of carbonyl (C=O) groups is 1. The van der Waals surface area contributed by atoms with E-state index in [1.807, 2.05) is 0 Å². The highest BCUT2D eigenvalue weighted by molar-refractivity contribution is 7.92. The summed E-state index contributed by atoms with van der Waals surface area (Å²) in [5.74, 6) is -0.470. The fourth-order valence-corrected chi connectivity index (χ4v) is 3.61. The molecule has 2 aromatic rings. The van der Waals surface area contributed by atoms with Crippen LogP contribution in [0.3, 0.4) is 0 Å². The Balaban J connectivity index is 1.74. The molecule has 7 heteroatoms. The lowest BCUT2D eigenvalue weighted by Gasteiger charge is -2.17. The molecule has 0 atom stereocenters. The summed E-state index contributed by atoms with van der Waals surface area (Å²) in [4.78, 5) is 11.3. The summed E-state index contributed by atoms with van der Waals surface area (Å²) in [7, 11) is -4.70. The number of sulfone groups is 1. The molecular formula is C19H20F2O4S. The van der Waals surface area contributed by atoms with Crippen molar-refractivity contribution in [2.45, 2.75) is 35.8 Å². The Labute approximate surface area is 151 Å². The van der Waals surface area contributed by atoms with Gasteiger partial charge in [0.2, 0.25) is 9.84 Å². The maximum atomic E-state index is 14.1. The van der Waals surface area contributed by atoms with Crippen LogP contribution in [0.25, 0.3) is 0 Å². The summed E-state index contributed by atoms with van der Waals surface area (Å²) < 4.78 is 57.2. The van der Waals surface area contributed by atoms with Gasteiger partial charge in [-0.25, -0.2) is 13.2 Å². The average molecular weight is 382 g/mol. The molecule has 0 spiro atoms. The van der Waals surface area contributed by atoms with Crippen LogP contribution in [0.15, 0.2) is 65.6 Å². The maximum absolute atomic E-state index is 14.1. The highest BCUT2D eigenvalue weighted by Gasteiger charge is 2.45. The molecule has 4 nitrogen and oxygen atoms in total. The highest BCUT2D eigenvalue weighted by Crippen LogP contribution is 2.33. The van der Waals surface area contributed by atoms with Crippen LogP contribution >= 0.6 is 0 Å². The van der Waals surface area contributed by atoms with E-state index in [1.165, 1.54) is 12.1 Å². The van der Waals surface area contributed by atoms with Crippen LogP contribution < -0.4 is 0 Å². The molecular weight excluding hydrogens is 362 g/mol. The molecule has 0 unspecified atom stereocenters. The summed E-state index contributed by atoms with van der Waals surface area (Å²) in [6, 6.07) is 15.1. The van der Waals surface area contributed by atoms with Crippen LogP contribution in [-0.4, -0.2) is 26.2 Å². The first-order chi connectivity index (χ1) is 12.3. The highest BCUT2D eigenvalue weighted by atomic mass is 32.2. The fourth-order valence-electron chi connectivity index (χ4n) is 2.34. The minimum atomic E-state index is -4.70. The molecule has 2 rings (SSSR count). The maximum Gasteiger partial charge on any atom is 0.350 e. The summed E-state index contributed by atoms with van der Waals surface area (Å²) in [5, 5.41) is -3.82. The minimum absolute atomic E-state index is 0.0158. The molecule has 26 heavy (non-hydrogen) atoms. The van der Waals surface area contributed by atoms with Crippen LogP contribution in [0.2, 0.25) is 0 Å². The van der Waals surface area contributed by atoms with Gasteiger partial charge in [0.1, 0.15) is 0 Å². The number of alkyl halides is 2. The quantitative estimate of drug-likeness (QED) is 0.474. The second-order valence-corrected chi connectivity index (χ2v) is 7.84. The van der Waals surface area contributed by atoms with E-state index in [-0.39, 0.29) is 17.9 Å². The van der Waals surface area contributed by atoms with Gasteiger partial charge >= 0.3 is 11.2 Å². The van der Waals surface area contributed by atoms with Crippen molar-refractivity contribution in [1.29, 1.82) is 0 Å². The first kappa shape index (κ1) is 20.0. The third kappa shape index (κ3) is 5.11. The molecule has 0 saturated heterocycles. The number of benzene rings is 2. The van der Waals surface area contributed by atoms with Gasteiger partial charge in [-0.2, -0.15) is 8.78 Å². The van der Waals surface area contributed by atoms with Gasteiger partial charge < -0.3 is 4.74 Å². The second-order valence-electron chi connectivity index (χ2n) is 5.77. The fraction of sp³-hybridized carbons (Fsp3) is 0.316. The average Bonchev–Trinajstić information content (AvgIpc) is 2.65. The lowest BCUT2D eigenvalue weighted by molar-refractivity contribution is 0.0488. The summed E-state index contributed by atoms with van der Waals surface area (Å²) >= 11 is 0. The van der Waals surface area contributed by atoms with Gasteiger partial charge in [-0.3, -0.25) is 0 Å². The van der Waals surface area contributed by atoms with E-state index >= 15 is 0 Å². The van der Waals surface area contributed by atoms with Crippen molar-refractivity contribution in [2.75, 3.05) is 6.61 Å². The second kappa shape index (κ2) is 8.89. The van der Waals surface area contributed by atoms with Crippen molar-refractivity contribution in [3.05, 3.63) is 66.2 Å². The van der Waals surface area contributed by atoms with Gasteiger partial charge in [-0.1, -0.05) is 36.4 Å². The predicted molar refractivity (Wildman–Crippen MR) is 93.8 cm³/mol. The van der Waals surface area contributed by atoms with E-state index in [4.69, 9.17) is 4.74 Å². The summed E-state index contributed by atoms with van der Waals surface area (Å²) in [6.07, 6.45) is -0.0270. The van der Waals surface area contributed by atoms with Crippen molar-refractivity contribution in [3.63, 3.8) is 0 Å². The third-order valence-electron chi connectivity index (χ3n) is 3.80. The predicted octanol–water partition coefficient (Wildman–Crippen LogP) is 4.47. The largest absolute Gasteiger partial charge is 0.462 e. The van der Waals surface area contributed by atoms with Gasteiger partial charge in [0.05, 0.1) is 17.1 Å². The molecule has 0 fully saturated rings. The molecule has 0 bridgehead atoms. The molecule has 0 N–H and O–H groups in total. The minimum Gasteiger partial charge on any atom is -0.462 e. The molecule has 0 radical (unpaired) electrons. The molecule has 0 aliphatic heterocycles. The van der Waals surface area contributed by atoms with Gasteiger partial charge in [0, 0.05) is 6.42 Å². The third-order valence-corrected chi connectivity index (χ3v) is 5.68. The van der Waals surface area contributed by atoms with E-state index in [2.05, 4.69) is 0 Å². The first-order valence-electron chi connectivity index (χ1n) is 8.24. The van der Waals surface area contributed by atoms with Crippen LogP contribution in [0.1, 0.15) is 36.0 Å². The molecule has 0 saturated carbocycles. The zero-order chi connectivity index (χ0) is 19.0. The Morgan fingerprint density at radius 1 is 0.885 bits per heavy atom. The van der Waals surface area contributed by atoms with Gasteiger partial charge in [-0.05, 0) is 43.5 Å². The molecule has 0 aliphatic rings. The van der Waals surface area contributed by atoms with Gasteiger partial charge in [0.25, 0.3) is 0 Å². The Bertz CT molecular complexity index is 806. The number of unbranched alkanes of at least 4 members (excludes halogenated alkanes) is 2. The van der Waals surface area contributed by atoms with Crippen molar-refractivity contribution in [1.82, 2.24) is 0 Å².